The van der Waals surface area contributed by atoms with Crippen molar-refractivity contribution in [1.29, 1.82) is 0 Å². The molecular weight excluding hydrogens is 320 g/mol. The lowest BCUT2D eigenvalue weighted by Gasteiger charge is -2.62. The van der Waals surface area contributed by atoms with E-state index < -0.39 is 0 Å². The van der Waals surface area contributed by atoms with Crippen LogP contribution in [0.2, 0.25) is 0 Å². The molecular formula is C24H42O2. The van der Waals surface area contributed by atoms with E-state index in [0.717, 1.165) is 49.9 Å². The summed E-state index contributed by atoms with van der Waals surface area (Å²) in [6, 6.07) is 0. The number of fused-ring (bicyclic) bond motifs is 2. The van der Waals surface area contributed by atoms with Gasteiger partial charge in [0.2, 0.25) is 0 Å². The zero-order valence-electron chi connectivity index (χ0n) is 17.4. The van der Waals surface area contributed by atoms with Crippen molar-refractivity contribution in [3.05, 3.63) is 24.3 Å². The van der Waals surface area contributed by atoms with Crippen molar-refractivity contribution in [1.82, 2.24) is 0 Å². The van der Waals surface area contributed by atoms with Crippen molar-refractivity contribution >= 4 is 0 Å². The van der Waals surface area contributed by atoms with Crippen LogP contribution in [0, 0.1) is 29.1 Å². The molecule has 2 heteroatoms. The maximum absolute atomic E-state index is 10.2. The fraction of sp³-hybridized carbons (Fsp3) is 0.833. The van der Waals surface area contributed by atoms with Crippen LogP contribution in [0.25, 0.3) is 0 Å². The molecule has 0 aromatic carbocycles. The molecule has 0 radical (unpaired) electrons. The van der Waals surface area contributed by atoms with Crippen molar-refractivity contribution in [3.63, 3.8) is 0 Å². The molecule has 3 aliphatic carbocycles. The Morgan fingerprint density at radius 3 is 2.58 bits per heavy atom. The minimum Gasteiger partial charge on any atom is -0.396 e. The number of allylic oxidation sites excluding steroid dienone is 3. The van der Waals surface area contributed by atoms with E-state index in [1.165, 1.54) is 32.1 Å². The van der Waals surface area contributed by atoms with Gasteiger partial charge in [0, 0.05) is 6.61 Å². The van der Waals surface area contributed by atoms with Crippen LogP contribution in [-0.2, 0) is 0 Å². The summed E-state index contributed by atoms with van der Waals surface area (Å²) in [7, 11) is 0. The van der Waals surface area contributed by atoms with E-state index in [1.807, 2.05) is 0 Å². The molecule has 0 aromatic rings. The SMILES string of the molecule is CCCCCC(O)/C=C/C1CC2CC(C1C/C=C/CCCCO)C2(C)C. The maximum Gasteiger partial charge on any atom is 0.0721 e. The normalized spacial score (nSPS) is 31.4. The smallest absolute Gasteiger partial charge is 0.0721 e. The van der Waals surface area contributed by atoms with Crippen molar-refractivity contribution < 1.29 is 10.2 Å². The average molecular weight is 363 g/mol. The summed E-state index contributed by atoms with van der Waals surface area (Å²) in [6.07, 6.45) is 20.3. The lowest BCUT2D eigenvalue weighted by Crippen LogP contribution is -2.55. The molecule has 3 rings (SSSR count). The zero-order chi connectivity index (χ0) is 19.0. The Labute approximate surface area is 161 Å². The molecule has 0 aromatic heterocycles. The van der Waals surface area contributed by atoms with Crippen molar-refractivity contribution in [2.24, 2.45) is 29.1 Å². The molecule has 0 amide bonds. The molecule has 0 saturated heterocycles. The molecule has 0 heterocycles. The first kappa shape index (κ1) is 21.7. The van der Waals surface area contributed by atoms with Gasteiger partial charge in [-0.2, -0.15) is 0 Å². The molecule has 2 N–H and O–H groups in total. The first-order chi connectivity index (χ1) is 12.5. The first-order valence-corrected chi connectivity index (χ1v) is 11.1. The van der Waals surface area contributed by atoms with Crippen LogP contribution in [0.5, 0.6) is 0 Å². The lowest BCUT2D eigenvalue weighted by atomic mass is 9.43. The van der Waals surface area contributed by atoms with Gasteiger partial charge in [-0.1, -0.05) is 64.3 Å². The third-order valence-electron chi connectivity index (χ3n) is 7.21. The summed E-state index contributed by atoms with van der Waals surface area (Å²) in [6.45, 7) is 7.44. The number of unbranched alkanes of at least 4 members (excludes halogenated alkanes) is 4. The summed E-state index contributed by atoms with van der Waals surface area (Å²) >= 11 is 0. The van der Waals surface area contributed by atoms with E-state index >= 15 is 0 Å². The second-order valence-electron chi connectivity index (χ2n) is 9.30. The summed E-state index contributed by atoms with van der Waals surface area (Å²) in [5.41, 5.74) is 0.499. The second-order valence-corrected chi connectivity index (χ2v) is 9.30. The zero-order valence-corrected chi connectivity index (χ0v) is 17.4. The molecule has 2 bridgehead atoms. The molecule has 5 atom stereocenters. The molecule has 3 fully saturated rings. The van der Waals surface area contributed by atoms with E-state index in [1.54, 1.807) is 0 Å². The molecule has 3 aliphatic rings. The van der Waals surface area contributed by atoms with Crippen LogP contribution in [-0.4, -0.2) is 22.9 Å². The van der Waals surface area contributed by atoms with Gasteiger partial charge in [-0.3, -0.25) is 0 Å². The van der Waals surface area contributed by atoms with E-state index in [2.05, 4.69) is 45.1 Å². The summed E-state index contributed by atoms with van der Waals surface area (Å²) in [5, 5.41) is 19.1. The molecule has 150 valence electrons. The summed E-state index contributed by atoms with van der Waals surface area (Å²) in [5.74, 6) is 3.05. The largest absolute Gasteiger partial charge is 0.396 e. The highest BCUT2D eigenvalue weighted by Gasteiger charge is 2.56. The Hall–Kier alpha value is -0.600. The van der Waals surface area contributed by atoms with Gasteiger partial charge in [0.25, 0.3) is 0 Å². The fourth-order valence-corrected chi connectivity index (χ4v) is 5.26. The van der Waals surface area contributed by atoms with Gasteiger partial charge >= 0.3 is 0 Å². The number of rotatable bonds is 12. The molecule has 5 unspecified atom stereocenters. The van der Waals surface area contributed by atoms with Gasteiger partial charge in [-0.25, -0.2) is 0 Å². The van der Waals surface area contributed by atoms with E-state index in [0.29, 0.717) is 17.9 Å². The van der Waals surface area contributed by atoms with Crippen LogP contribution in [0.3, 0.4) is 0 Å². The van der Waals surface area contributed by atoms with Gasteiger partial charge in [-0.15, -0.1) is 0 Å². The van der Waals surface area contributed by atoms with Crippen LogP contribution in [0.1, 0.15) is 85.0 Å². The predicted octanol–water partition coefficient (Wildman–Crippen LogP) is 5.89. The highest BCUT2D eigenvalue weighted by atomic mass is 16.3. The molecule has 3 saturated carbocycles. The van der Waals surface area contributed by atoms with Gasteiger partial charge in [0.15, 0.2) is 0 Å². The third-order valence-corrected chi connectivity index (χ3v) is 7.21. The number of hydrogen-bond donors (Lipinski definition) is 2. The van der Waals surface area contributed by atoms with Gasteiger partial charge in [0.1, 0.15) is 0 Å². The number of aliphatic hydroxyl groups excluding tert-OH is 2. The van der Waals surface area contributed by atoms with Crippen LogP contribution in [0.4, 0.5) is 0 Å². The van der Waals surface area contributed by atoms with Gasteiger partial charge < -0.3 is 10.2 Å². The molecule has 2 nitrogen and oxygen atoms in total. The summed E-state index contributed by atoms with van der Waals surface area (Å²) < 4.78 is 0. The van der Waals surface area contributed by atoms with E-state index in [4.69, 9.17) is 5.11 Å². The van der Waals surface area contributed by atoms with Gasteiger partial charge in [0.05, 0.1) is 6.10 Å². The highest BCUT2D eigenvalue weighted by molar-refractivity contribution is 5.12. The Morgan fingerprint density at radius 2 is 1.88 bits per heavy atom. The van der Waals surface area contributed by atoms with Crippen LogP contribution >= 0.6 is 0 Å². The number of aliphatic hydroxyl groups is 2. The summed E-state index contributed by atoms with van der Waals surface area (Å²) in [4.78, 5) is 0. The monoisotopic (exact) mass is 362 g/mol. The average Bonchev–Trinajstić information content (AvgIpc) is 2.63. The standard InChI is InChI=1S/C24H42O2/c1-4-5-9-12-21(26)15-14-19-17-20-18-23(24(20,2)3)22(19)13-10-7-6-8-11-16-25/h7,10,14-15,19-23,25-26H,4-6,8-9,11-13,16-18H2,1-3H3/b10-7+,15-14+. The Bertz CT molecular complexity index is 451. The predicted molar refractivity (Wildman–Crippen MR) is 111 cm³/mol. The minimum absolute atomic E-state index is 0.262. The maximum atomic E-state index is 10.2. The Morgan fingerprint density at radius 1 is 1.08 bits per heavy atom. The van der Waals surface area contributed by atoms with E-state index in [9.17, 15) is 5.11 Å². The Kier molecular flexibility index (Phi) is 8.90. The topological polar surface area (TPSA) is 40.5 Å². The third kappa shape index (κ3) is 5.70. The molecule has 0 aliphatic heterocycles. The van der Waals surface area contributed by atoms with Gasteiger partial charge in [-0.05, 0) is 74.0 Å². The Balaban J connectivity index is 1.89. The highest BCUT2D eigenvalue weighted by Crippen LogP contribution is 2.64. The van der Waals surface area contributed by atoms with Crippen molar-refractivity contribution in [2.75, 3.05) is 6.61 Å². The van der Waals surface area contributed by atoms with Crippen LogP contribution < -0.4 is 0 Å². The molecule has 0 spiro atoms. The van der Waals surface area contributed by atoms with E-state index in [-0.39, 0.29) is 6.10 Å². The lowest BCUT2D eigenvalue weighted by molar-refractivity contribution is -0.123. The first-order valence-electron chi connectivity index (χ1n) is 11.1. The fourth-order valence-electron chi connectivity index (χ4n) is 5.26. The molecule has 26 heavy (non-hydrogen) atoms. The minimum atomic E-state index is -0.262. The second kappa shape index (κ2) is 10.7. The van der Waals surface area contributed by atoms with Crippen molar-refractivity contribution in [2.45, 2.75) is 91.1 Å². The quantitative estimate of drug-likeness (QED) is 0.335. The van der Waals surface area contributed by atoms with Crippen LogP contribution in [0.15, 0.2) is 24.3 Å². The number of hydrogen-bond acceptors (Lipinski definition) is 2. The van der Waals surface area contributed by atoms with Crippen molar-refractivity contribution in [3.8, 4) is 0 Å².